The lowest BCUT2D eigenvalue weighted by molar-refractivity contribution is -0.120. The number of carbonyl (C=O) groups excluding carboxylic acids is 2. The second-order valence-corrected chi connectivity index (χ2v) is 8.81. The van der Waals surface area contributed by atoms with E-state index in [1.54, 1.807) is 24.3 Å². The first kappa shape index (κ1) is 21.9. The number of benzene rings is 2. The fourth-order valence-corrected chi connectivity index (χ4v) is 3.56. The Bertz CT molecular complexity index is 942. The maximum absolute atomic E-state index is 12.3. The minimum atomic E-state index is -4.05. The van der Waals surface area contributed by atoms with E-state index in [0.29, 0.717) is 22.7 Å². The molecule has 28 heavy (non-hydrogen) atoms. The molecule has 0 unspecified atom stereocenters. The van der Waals surface area contributed by atoms with Crippen LogP contribution < -0.4 is 15.8 Å². The molecule has 2 amide bonds. The molecule has 0 radical (unpaired) electrons. The molecular weight excluding hydrogens is 402 g/mol. The number of sulfonamides is 1. The molecule has 0 aliphatic rings. The molecule has 2 aromatic carbocycles. The molecule has 0 saturated carbocycles. The highest BCUT2D eigenvalue weighted by atomic mass is 35.5. The Morgan fingerprint density at radius 3 is 2.14 bits per heavy atom. The Labute approximate surface area is 169 Å². The molecule has 0 bridgehead atoms. The van der Waals surface area contributed by atoms with Crippen LogP contribution in [0.2, 0.25) is 5.02 Å². The van der Waals surface area contributed by atoms with Gasteiger partial charge in [-0.3, -0.25) is 9.59 Å². The first-order valence-electron chi connectivity index (χ1n) is 8.57. The molecule has 1 atom stereocenters. The van der Waals surface area contributed by atoms with Crippen molar-refractivity contribution in [3.8, 4) is 0 Å². The lowest BCUT2D eigenvalue weighted by atomic mass is 10.0. The van der Waals surface area contributed by atoms with Crippen molar-refractivity contribution >= 4 is 39.1 Å². The smallest absolute Gasteiger partial charge is 0.264 e. The molecule has 0 saturated heterocycles. The van der Waals surface area contributed by atoms with Crippen LogP contribution in [0, 0.1) is 5.92 Å². The van der Waals surface area contributed by atoms with Gasteiger partial charge < -0.3 is 11.1 Å². The Morgan fingerprint density at radius 2 is 1.61 bits per heavy atom. The van der Waals surface area contributed by atoms with Crippen molar-refractivity contribution < 1.29 is 18.0 Å². The van der Waals surface area contributed by atoms with Crippen molar-refractivity contribution in [2.45, 2.75) is 31.2 Å². The summed E-state index contributed by atoms with van der Waals surface area (Å²) in [7, 11) is -4.05. The third kappa shape index (κ3) is 6.05. The van der Waals surface area contributed by atoms with E-state index < -0.39 is 22.0 Å². The van der Waals surface area contributed by atoms with E-state index in [0.717, 1.165) is 0 Å². The Hall–Kier alpha value is -2.42. The van der Waals surface area contributed by atoms with Gasteiger partial charge in [-0.1, -0.05) is 25.4 Å². The van der Waals surface area contributed by atoms with Crippen LogP contribution in [0.25, 0.3) is 0 Å². The van der Waals surface area contributed by atoms with Crippen molar-refractivity contribution in [1.29, 1.82) is 0 Å². The van der Waals surface area contributed by atoms with Crippen LogP contribution >= 0.6 is 11.6 Å². The van der Waals surface area contributed by atoms with Crippen LogP contribution in [0.5, 0.6) is 0 Å². The Balaban J connectivity index is 2.05. The largest absolute Gasteiger partial charge is 0.322 e. The number of carbonyl (C=O) groups is 2. The molecule has 0 aliphatic heterocycles. The van der Waals surface area contributed by atoms with E-state index in [1.165, 1.54) is 24.3 Å². The summed E-state index contributed by atoms with van der Waals surface area (Å²) in [6.07, 6.45) is 0.372. The van der Waals surface area contributed by atoms with E-state index in [9.17, 15) is 18.0 Å². The predicted molar refractivity (Wildman–Crippen MR) is 109 cm³/mol. The zero-order valence-corrected chi connectivity index (χ0v) is 17.0. The van der Waals surface area contributed by atoms with Crippen LogP contribution in [-0.4, -0.2) is 26.3 Å². The second-order valence-electron chi connectivity index (χ2n) is 6.69. The van der Waals surface area contributed by atoms with Crippen LogP contribution in [0.15, 0.2) is 53.4 Å². The third-order valence-electron chi connectivity index (χ3n) is 3.83. The van der Waals surface area contributed by atoms with E-state index >= 15 is 0 Å². The van der Waals surface area contributed by atoms with E-state index in [1.807, 2.05) is 18.6 Å². The standard InChI is InChI=1S/C19H22ClN3O4S/c1-12(2)11-17(21)19(25)23-28(26,27)16-9-7-15(8-10-16)22-18(24)13-3-5-14(20)6-4-13/h3-10,12,17H,11,21H2,1-2H3,(H,22,24)(H,23,25)/t17-/m0/s1. The molecule has 4 N–H and O–H groups in total. The van der Waals surface area contributed by atoms with Gasteiger partial charge in [-0.2, -0.15) is 0 Å². The molecule has 0 aliphatic carbocycles. The second kappa shape index (κ2) is 9.18. The summed E-state index contributed by atoms with van der Waals surface area (Å²) in [4.78, 5) is 24.0. The number of nitrogens with one attached hydrogen (secondary N) is 2. The van der Waals surface area contributed by atoms with E-state index in [-0.39, 0.29) is 16.7 Å². The van der Waals surface area contributed by atoms with Crippen molar-refractivity contribution in [1.82, 2.24) is 4.72 Å². The molecule has 2 rings (SSSR count). The molecule has 0 aromatic heterocycles. The van der Waals surface area contributed by atoms with Gasteiger partial charge in [0.1, 0.15) is 0 Å². The first-order valence-corrected chi connectivity index (χ1v) is 10.4. The number of anilines is 1. The summed E-state index contributed by atoms with van der Waals surface area (Å²) in [6.45, 7) is 3.78. The van der Waals surface area contributed by atoms with Crippen molar-refractivity contribution in [2.24, 2.45) is 11.7 Å². The lowest BCUT2D eigenvalue weighted by Gasteiger charge is -2.14. The number of hydrogen-bond acceptors (Lipinski definition) is 5. The Morgan fingerprint density at radius 1 is 1.04 bits per heavy atom. The van der Waals surface area contributed by atoms with Crippen molar-refractivity contribution in [3.63, 3.8) is 0 Å². The van der Waals surface area contributed by atoms with E-state index in [2.05, 4.69) is 5.32 Å². The molecule has 0 heterocycles. The summed E-state index contributed by atoms with van der Waals surface area (Å²) < 4.78 is 26.6. The fraction of sp³-hybridized carbons (Fsp3) is 0.263. The first-order chi connectivity index (χ1) is 13.1. The number of hydrogen-bond donors (Lipinski definition) is 3. The third-order valence-corrected chi connectivity index (χ3v) is 5.44. The Kier molecular flexibility index (Phi) is 7.17. The highest BCUT2D eigenvalue weighted by Crippen LogP contribution is 2.16. The predicted octanol–water partition coefficient (Wildman–Crippen LogP) is 2.77. The summed E-state index contributed by atoms with van der Waals surface area (Å²) in [5.74, 6) is -0.957. The highest BCUT2D eigenvalue weighted by molar-refractivity contribution is 7.90. The quantitative estimate of drug-likeness (QED) is 0.632. The van der Waals surface area contributed by atoms with Gasteiger partial charge in [0.2, 0.25) is 0 Å². The van der Waals surface area contributed by atoms with Crippen LogP contribution in [0.1, 0.15) is 30.6 Å². The molecular formula is C19H22ClN3O4S. The van der Waals surface area contributed by atoms with Gasteiger partial charge in [-0.25, -0.2) is 13.1 Å². The lowest BCUT2D eigenvalue weighted by Crippen LogP contribution is -2.43. The molecule has 2 aromatic rings. The average molecular weight is 424 g/mol. The van der Waals surface area contributed by atoms with Crippen molar-refractivity contribution in [3.05, 3.63) is 59.1 Å². The molecule has 9 heteroatoms. The van der Waals surface area contributed by atoms with Crippen molar-refractivity contribution in [2.75, 3.05) is 5.32 Å². The number of amides is 2. The van der Waals surface area contributed by atoms with Gasteiger partial charge in [0.05, 0.1) is 10.9 Å². The van der Waals surface area contributed by atoms with Gasteiger partial charge in [-0.15, -0.1) is 0 Å². The minimum Gasteiger partial charge on any atom is -0.322 e. The summed E-state index contributed by atoms with van der Waals surface area (Å²) >= 11 is 5.79. The minimum absolute atomic E-state index is 0.109. The SMILES string of the molecule is CC(C)C[C@H](N)C(=O)NS(=O)(=O)c1ccc(NC(=O)c2ccc(Cl)cc2)cc1. The van der Waals surface area contributed by atoms with Crippen LogP contribution in [-0.2, 0) is 14.8 Å². The number of halogens is 1. The average Bonchev–Trinajstić information content (AvgIpc) is 2.61. The topological polar surface area (TPSA) is 118 Å². The molecule has 7 nitrogen and oxygen atoms in total. The summed E-state index contributed by atoms with van der Waals surface area (Å²) in [5, 5.41) is 3.17. The van der Waals surface area contributed by atoms with E-state index in [4.69, 9.17) is 17.3 Å². The van der Waals surface area contributed by atoms with Crippen LogP contribution in [0.3, 0.4) is 0 Å². The summed E-state index contributed by atoms with van der Waals surface area (Å²) in [6, 6.07) is 10.9. The molecule has 0 fully saturated rings. The van der Waals surface area contributed by atoms with Gasteiger partial charge in [0.25, 0.3) is 21.8 Å². The fourth-order valence-electron chi connectivity index (χ4n) is 2.40. The number of nitrogens with two attached hydrogens (primary N) is 1. The zero-order valence-electron chi connectivity index (χ0n) is 15.5. The van der Waals surface area contributed by atoms with Gasteiger partial charge in [-0.05, 0) is 60.9 Å². The van der Waals surface area contributed by atoms with Crippen LogP contribution in [0.4, 0.5) is 5.69 Å². The molecule has 0 spiro atoms. The zero-order chi connectivity index (χ0) is 20.9. The van der Waals surface area contributed by atoms with Gasteiger partial charge in [0, 0.05) is 16.3 Å². The monoisotopic (exact) mass is 423 g/mol. The summed E-state index contributed by atoms with van der Waals surface area (Å²) in [5.41, 5.74) is 6.53. The molecule has 150 valence electrons. The highest BCUT2D eigenvalue weighted by Gasteiger charge is 2.22. The van der Waals surface area contributed by atoms with Gasteiger partial charge in [0.15, 0.2) is 0 Å². The van der Waals surface area contributed by atoms with Gasteiger partial charge >= 0.3 is 0 Å². The maximum atomic E-state index is 12.3. The normalized spacial score (nSPS) is 12.5. The maximum Gasteiger partial charge on any atom is 0.264 e. The number of rotatable bonds is 7.